The van der Waals surface area contributed by atoms with Gasteiger partial charge in [-0.2, -0.15) is 0 Å². The number of hydrogen-bond donors (Lipinski definition) is 1. The van der Waals surface area contributed by atoms with E-state index in [1.165, 1.54) is 4.90 Å². The average Bonchev–Trinajstić information content (AvgIpc) is 2.67. The SMILES string of the molecule is CN(C)C(=O)/C(=C/c1cccc2ccccc12)NC(=O)c1ccccc1. The maximum Gasteiger partial charge on any atom is 0.269 e. The second kappa shape index (κ2) is 7.66. The molecule has 0 fully saturated rings. The van der Waals surface area contributed by atoms with Gasteiger partial charge in [0.2, 0.25) is 0 Å². The third kappa shape index (κ3) is 3.81. The van der Waals surface area contributed by atoms with E-state index < -0.39 is 0 Å². The van der Waals surface area contributed by atoms with Crippen LogP contribution in [-0.2, 0) is 4.79 Å². The minimum atomic E-state index is -0.313. The first kappa shape index (κ1) is 17.4. The van der Waals surface area contributed by atoms with Crippen molar-refractivity contribution in [2.24, 2.45) is 0 Å². The molecule has 4 nitrogen and oxygen atoms in total. The van der Waals surface area contributed by atoms with Gasteiger partial charge in [0.25, 0.3) is 11.8 Å². The Bertz CT molecular complexity index is 970. The van der Waals surface area contributed by atoms with Crippen molar-refractivity contribution in [1.82, 2.24) is 10.2 Å². The molecule has 4 heteroatoms. The van der Waals surface area contributed by atoms with E-state index in [9.17, 15) is 9.59 Å². The molecule has 3 aromatic rings. The van der Waals surface area contributed by atoms with Gasteiger partial charge in [0.05, 0.1) is 0 Å². The van der Waals surface area contributed by atoms with Gasteiger partial charge < -0.3 is 10.2 Å². The maximum absolute atomic E-state index is 12.6. The molecule has 0 unspecified atom stereocenters. The molecule has 0 radical (unpaired) electrons. The van der Waals surface area contributed by atoms with Crippen LogP contribution in [0.4, 0.5) is 0 Å². The van der Waals surface area contributed by atoms with Gasteiger partial charge >= 0.3 is 0 Å². The van der Waals surface area contributed by atoms with Crippen LogP contribution in [0, 0.1) is 0 Å². The monoisotopic (exact) mass is 344 g/mol. The summed E-state index contributed by atoms with van der Waals surface area (Å²) >= 11 is 0. The quantitative estimate of drug-likeness (QED) is 0.734. The molecule has 3 rings (SSSR count). The molecule has 0 saturated carbocycles. The minimum Gasteiger partial charge on any atom is -0.344 e. The summed E-state index contributed by atoms with van der Waals surface area (Å²) in [4.78, 5) is 26.6. The van der Waals surface area contributed by atoms with Crippen molar-refractivity contribution in [3.63, 3.8) is 0 Å². The summed E-state index contributed by atoms with van der Waals surface area (Å²) in [5, 5.41) is 4.86. The van der Waals surface area contributed by atoms with E-state index >= 15 is 0 Å². The standard InChI is InChI=1S/C22H20N2O2/c1-24(2)22(26)20(23-21(25)17-10-4-3-5-11-17)15-18-13-8-12-16-9-6-7-14-19(16)18/h3-15H,1-2H3,(H,23,25)/b20-15-. The van der Waals surface area contributed by atoms with Gasteiger partial charge in [-0.1, -0.05) is 60.7 Å². The molecule has 0 aliphatic heterocycles. The van der Waals surface area contributed by atoms with E-state index in [-0.39, 0.29) is 17.5 Å². The van der Waals surface area contributed by atoms with Crippen LogP contribution in [0.5, 0.6) is 0 Å². The Balaban J connectivity index is 2.02. The van der Waals surface area contributed by atoms with Gasteiger partial charge in [-0.3, -0.25) is 9.59 Å². The highest BCUT2D eigenvalue weighted by atomic mass is 16.2. The second-order valence-electron chi connectivity index (χ2n) is 6.15. The van der Waals surface area contributed by atoms with Gasteiger partial charge in [0.1, 0.15) is 5.70 Å². The van der Waals surface area contributed by atoms with Gasteiger partial charge in [0, 0.05) is 19.7 Å². The average molecular weight is 344 g/mol. The molecule has 26 heavy (non-hydrogen) atoms. The van der Waals surface area contributed by atoms with Crippen molar-refractivity contribution in [2.45, 2.75) is 0 Å². The molecule has 0 atom stereocenters. The van der Waals surface area contributed by atoms with Gasteiger partial charge in [-0.25, -0.2) is 0 Å². The summed E-state index contributed by atoms with van der Waals surface area (Å²) in [7, 11) is 3.32. The molecule has 1 N–H and O–H groups in total. The molecule has 0 aliphatic carbocycles. The number of nitrogens with zero attached hydrogens (tertiary/aromatic N) is 1. The third-order valence-corrected chi connectivity index (χ3v) is 4.04. The summed E-state index contributed by atoms with van der Waals surface area (Å²) in [6, 6.07) is 22.7. The first-order valence-corrected chi connectivity index (χ1v) is 8.34. The van der Waals surface area contributed by atoms with Crippen LogP contribution in [0.1, 0.15) is 15.9 Å². The summed E-state index contributed by atoms with van der Waals surface area (Å²) in [5.41, 5.74) is 1.62. The molecule has 0 bridgehead atoms. The van der Waals surface area contributed by atoms with Gasteiger partial charge in [-0.15, -0.1) is 0 Å². The fraction of sp³-hybridized carbons (Fsp3) is 0.0909. The van der Waals surface area contributed by atoms with E-state index in [0.717, 1.165) is 16.3 Å². The number of amides is 2. The van der Waals surface area contributed by atoms with Crippen molar-refractivity contribution in [1.29, 1.82) is 0 Å². The van der Waals surface area contributed by atoms with Crippen LogP contribution in [0.3, 0.4) is 0 Å². The lowest BCUT2D eigenvalue weighted by Crippen LogP contribution is -2.34. The van der Waals surface area contributed by atoms with Crippen LogP contribution < -0.4 is 5.32 Å². The van der Waals surface area contributed by atoms with Crippen molar-refractivity contribution >= 4 is 28.7 Å². The zero-order valence-corrected chi connectivity index (χ0v) is 14.8. The molecule has 0 spiro atoms. The van der Waals surface area contributed by atoms with Crippen LogP contribution in [0.2, 0.25) is 0 Å². The van der Waals surface area contributed by atoms with E-state index in [1.807, 2.05) is 48.5 Å². The summed E-state index contributed by atoms with van der Waals surface area (Å²) < 4.78 is 0. The molecule has 0 aliphatic rings. The zero-order valence-electron chi connectivity index (χ0n) is 14.8. The van der Waals surface area contributed by atoms with Crippen molar-refractivity contribution in [3.05, 3.63) is 89.6 Å². The zero-order chi connectivity index (χ0) is 18.5. The molecule has 0 saturated heterocycles. The second-order valence-corrected chi connectivity index (χ2v) is 6.15. The number of likely N-dealkylation sites (N-methyl/N-ethyl adjacent to an activating group) is 1. The molecule has 0 heterocycles. The van der Waals surface area contributed by atoms with Crippen molar-refractivity contribution in [3.8, 4) is 0 Å². The molecule has 130 valence electrons. The minimum absolute atomic E-state index is 0.236. The highest BCUT2D eigenvalue weighted by Crippen LogP contribution is 2.21. The molecule has 3 aromatic carbocycles. The van der Waals surface area contributed by atoms with E-state index in [2.05, 4.69) is 5.32 Å². The Morgan fingerprint density at radius 2 is 1.50 bits per heavy atom. The molecular weight excluding hydrogens is 324 g/mol. The number of benzene rings is 3. The number of hydrogen-bond acceptors (Lipinski definition) is 2. The Hall–Kier alpha value is -3.40. The first-order chi connectivity index (χ1) is 12.6. The topological polar surface area (TPSA) is 49.4 Å². The summed E-state index contributed by atoms with van der Waals surface area (Å²) in [6.45, 7) is 0. The van der Waals surface area contributed by atoms with Gasteiger partial charge in [-0.05, 0) is 34.5 Å². The third-order valence-electron chi connectivity index (χ3n) is 4.04. The van der Waals surface area contributed by atoms with Crippen molar-refractivity contribution < 1.29 is 9.59 Å². The lowest BCUT2D eigenvalue weighted by molar-refractivity contribution is -0.124. The van der Waals surface area contributed by atoms with Crippen molar-refractivity contribution in [2.75, 3.05) is 14.1 Å². The lowest BCUT2D eigenvalue weighted by Gasteiger charge is -2.15. The summed E-state index contributed by atoms with van der Waals surface area (Å²) in [6.07, 6.45) is 1.73. The fourth-order valence-electron chi connectivity index (χ4n) is 2.71. The number of carbonyl (C=O) groups excluding carboxylic acids is 2. The van der Waals surface area contributed by atoms with E-state index in [4.69, 9.17) is 0 Å². The highest BCUT2D eigenvalue weighted by Gasteiger charge is 2.16. The number of carbonyl (C=O) groups is 2. The molecule has 0 aromatic heterocycles. The van der Waals surface area contributed by atoms with Crippen LogP contribution in [0.15, 0.2) is 78.5 Å². The Morgan fingerprint density at radius 1 is 0.846 bits per heavy atom. The molecular formula is C22H20N2O2. The van der Waals surface area contributed by atoms with Crippen LogP contribution in [-0.4, -0.2) is 30.8 Å². The Morgan fingerprint density at radius 3 is 2.23 bits per heavy atom. The lowest BCUT2D eigenvalue weighted by atomic mass is 10.0. The highest BCUT2D eigenvalue weighted by molar-refractivity contribution is 6.06. The Kier molecular flexibility index (Phi) is 5.13. The first-order valence-electron chi connectivity index (χ1n) is 8.34. The van der Waals surface area contributed by atoms with Gasteiger partial charge in [0.15, 0.2) is 0 Å². The molecule has 2 amide bonds. The summed E-state index contributed by atoms with van der Waals surface area (Å²) in [5.74, 6) is -0.575. The predicted molar refractivity (Wildman–Crippen MR) is 105 cm³/mol. The van der Waals surface area contributed by atoms with E-state index in [1.54, 1.807) is 44.4 Å². The fourth-order valence-corrected chi connectivity index (χ4v) is 2.71. The maximum atomic E-state index is 12.6. The van der Waals surface area contributed by atoms with Crippen LogP contribution >= 0.6 is 0 Å². The number of nitrogens with one attached hydrogen (secondary N) is 1. The normalized spacial score (nSPS) is 11.2. The Labute approximate surface area is 152 Å². The smallest absolute Gasteiger partial charge is 0.269 e. The van der Waals surface area contributed by atoms with E-state index in [0.29, 0.717) is 5.56 Å². The van der Waals surface area contributed by atoms with Crippen LogP contribution in [0.25, 0.3) is 16.8 Å². The number of fused-ring (bicyclic) bond motifs is 1. The predicted octanol–water partition coefficient (Wildman–Crippen LogP) is 3.70. The number of rotatable bonds is 4. The largest absolute Gasteiger partial charge is 0.344 e.